The fourth-order valence-corrected chi connectivity index (χ4v) is 3.89. The first kappa shape index (κ1) is 14.9. The fraction of sp³-hybridized carbons (Fsp3) is 1.00. The molecule has 0 radical (unpaired) electrons. The molecule has 0 aliphatic heterocycles. The Balaban J connectivity index is 3.72. The van der Waals surface area contributed by atoms with Gasteiger partial charge in [-0.3, -0.25) is 0 Å². The molecular weight excluding hydrogens is 307 g/mol. The van der Waals surface area contributed by atoms with Gasteiger partial charge in [-0.05, 0) is 44.6 Å². The second-order valence-electron chi connectivity index (χ2n) is 3.98. The molecule has 0 bridgehead atoms. The molecule has 0 aromatic rings. The highest BCUT2D eigenvalue weighted by atomic mass is 127. The molecule has 0 aromatic carbocycles. The van der Waals surface area contributed by atoms with Gasteiger partial charge >= 0.3 is 9.28 Å². The molecule has 0 heterocycles. The molecule has 0 saturated heterocycles. The maximum atomic E-state index is 5.82. The second-order valence-corrected chi connectivity index (χ2v) is 7.04. The van der Waals surface area contributed by atoms with E-state index in [0.717, 1.165) is 6.04 Å². The minimum atomic E-state index is -1.38. The Labute approximate surface area is 104 Å². The molecule has 0 aromatic heterocycles. The average Bonchev–Trinajstić information content (AvgIpc) is 2.02. The van der Waals surface area contributed by atoms with Crippen molar-refractivity contribution in [2.45, 2.75) is 58.8 Å². The van der Waals surface area contributed by atoms with Gasteiger partial charge in [-0.1, -0.05) is 29.0 Å². The molecule has 2 nitrogen and oxygen atoms in total. The zero-order chi connectivity index (χ0) is 11.0. The summed E-state index contributed by atoms with van der Waals surface area (Å²) in [5, 5.41) is 0. The van der Waals surface area contributed by atoms with Gasteiger partial charge in [0.05, 0.1) is 0 Å². The van der Waals surface area contributed by atoms with Gasteiger partial charge in [0.1, 0.15) is 0 Å². The topological polar surface area (TPSA) is 18.5 Å². The number of unbranched alkanes of at least 4 members (excludes halogenated alkanes) is 1. The van der Waals surface area contributed by atoms with Crippen LogP contribution in [0, 0.1) is 0 Å². The molecule has 0 fully saturated rings. The summed E-state index contributed by atoms with van der Waals surface area (Å²) in [5.74, 6) is 0. The second kappa shape index (κ2) is 9.12. The highest BCUT2D eigenvalue weighted by Crippen LogP contribution is 2.10. The van der Waals surface area contributed by atoms with E-state index in [1.54, 1.807) is 0 Å². The summed E-state index contributed by atoms with van der Waals surface area (Å²) >= 11 is 2.42. The van der Waals surface area contributed by atoms with Gasteiger partial charge in [0.25, 0.3) is 0 Å². The normalized spacial score (nSPS) is 12.0. The van der Waals surface area contributed by atoms with Crippen LogP contribution in [0.1, 0.15) is 40.5 Å². The van der Waals surface area contributed by atoms with Gasteiger partial charge in [-0.15, -0.1) is 0 Å². The lowest BCUT2D eigenvalue weighted by molar-refractivity contribution is 0.129. The first-order chi connectivity index (χ1) is 6.56. The molecule has 0 atom stereocenters. The van der Waals surface area contributed by atoms with E-state index < -0.39 is 9.28 Å². The first-order valence-electron chi connectivity index (χ1n) is 5.43. The zero-order valence-electron chi connectivity index (χ0n) is 9.75. The van der Waals surface area contributed by atoms with E-state index in [0.29, 0.717) is 12.2 Å². The van der Waals surface area contributed by atoms with Gasteiger partial charge in [-0.25, -0.2) is 0 Å². The molecule has 0 rings (SSSR count). The highest BCUT2D eigenvalue weighted by Gasteiger charge is 2.16. The summed E-state index contributed by atoms with van der Waals surface area (Å²) in [4.78, 5) is 0. The van der Waals surface area contributed by atoms with Crippen LogP contribution in [0.2, 0.25) is 6.04 Å². The molecule has 0 N–H and O–H groups in total. The van der Waals surface area contributed by atoms with E-state index in [-0.39, 0.29) is 0 Å². The summed E-state index contributed by atoms with van der Waals surface area (Å²) in [6.07, 6.45) is 3.15. The van der Waals surface area contributed by atoms with Gasteiger partial charge < -0.3 is 8.85 Å². The van der Waals surface area contributed by atoms with Crippen LogP contribution in [0.4, 0.5) is 0 Å². The van der Waals surface area contributed by atoms with Crippen LogP contribution >= 0.6 is 22.6 Å². The Morgan fingerprint density at radius 2 is 1.50 bits per heavy atom. The van der Waals surface area contributed by atoms with Crippen LogP contribution in [-0.2, 0) is 8.85 Å². The van der Waals surface area contributed by atoms with Crippen molar-refractivity contribution in [3.63, 3.8) is 0 Å². The minimum Gasteiger partial charge on any atom is -0.394 e. The Morgan fingerprint density at radius 3 is 1.86 bits per heavy atom. The van der Waals surface area contributed by atoms with E-state index in [1.165, 1.54) is 17.3 Å². The summed E-state index contributed by atoms with van der Waals surface area (Å²) in [6.45, 7) is 8.34. The minimum absolute atomic E-state index is 0.310. The van der Waals surface area contributed by atoms with Crippen LogP contribution in [0.5, 0.6) is 0 Å². The van der Waals surface area contributed by atoms with Gasteiger partial charge in [0, 0.05) is 12.2 Å². The monoisotopic (exact) mass is 330 g/mol. The molecule has 0 aliphatic rings. The smallest absolute Gasteiger partial charge is 0.321 e. The molecule has 0 spiro atoms. The van der Waals surface area contributed by atoms with Crippen molar-refractivity contribution in [2.24, 2.45) is 0 Å². The van der Waals surface area contributed by atoms with Crippen molar-refractivity contribution in [1.29, 1.82) is 0 Å². The number of hydrogen-bond acceptors (Lipinski definition) is 2. The number of alkyl halides is 1. The van der Waals surface area contributed by atoms with Gasteiger partial charge in [0.2, 0.25) is 0 Å². The third kappa shape index (κ3) is 9.42. The van der Waals surface area contributed by atoms with Crippen LogP contribution in [0.15, 0.2) is 0 Å². The van der Waals surface area contributed by atoms with Crippen molar-refractivity contribution in [3.8, 4) is 0 Å². The third-order valence-corrected chi connectivity index (χ3v) is 5.01. The Morgan fingerprint density at radius 1 is 1.00 bits per heavy atom. The Hall–Kier alpha value is 0.867. The predicted molar refractivity (Wildman–Crippen MR) is 72.5 cm³/mol. The van der Waals surface area contributed by atoms with Crippen molar-refractivity contribution in [2.75, 3.05) is 4.43 Å². The molecule has 0 aliphatic carbocycles. The van der Waals surface area contributed by atoms with E-state index in [9.17, 15) is 0 Å². The van der Waals surface area contributed by atoms with Crippen molar-refractivity contribution in [3.05, 3.63) is 0 Å². The number of halogens is 1. The predicted octanol–water partition coefficient (Wildman–Crippen LogP) is 3.27. The Bertz CT molecular complexity index is 121. The van der Waals surface area contributed by atoms with E-state index in [1.807, 2.05) is 0 Å². The molecule has 14 heavy (non-hydrogen) atoms. The maximum Gasteiger partial charge on any atom is 0.321 e. The highest BCUT2D eigenvalue weighted by molar-refractivity contribution is 14.1. The van der Waals surface area contributed by atoms with Gasteiger partial charge in [0.15, 0.2) is 0 Å². The van der Waals surface area contributed by atoms with E-state index >= 15 is 0 Å². The summed E-state index contributed by atoms with van der Waals surface area (Å²) in [6, 6.07) is 1.15. The number of hydrogen-bond donors (Lipinski definition) is 0. The first-order valence-corrected chi connectivity index (χ1v) is 8.71. The van der Waals surface area contributed by atoms with Crippen molar-refractivity contribution < 1.29 is 8.85 Å². The zero-order valence-corrected chi connectivity index (χ0v) is 13.1. The standard InChI is InChI=1S/C10H23IO2Si/c1-9(2)12-14(13-10(3)4)8-6-5-7-11/h9-10,14H,5-8H2,1-4H3. The molecule has 0 amide bonds. The largest absolute Gasteiger partial charge is 0.394 e. The van der Waals surface area contributed by atoms with Crippen molar-refractivity contribution >= 4 is 31.9 Å². The third-order valence-electron chi connectivity index (χ3n) is 1.67. The van der Waals surface area contributed by atoms with Crippen LogP contribution in [-0.4, -0.2) is 25.9 Å². The van der Waals surface area contributed by atoms with Crippen LogP contribution in [0.3, 0.4) is 0 Å². The lowest BCUT2D eigenvalue weighted by atomic mass is 10.4. The Kier molecular flexibility index (Phi) is 9.68. The number of rotatable bonds is 8. The van der Waals surface area contributed by atoms with Gasteiger partial charge in [-0.2, -0.15) is 0 Å². The quantitative estimate of drug-likeness (QED) is 0.294. The molecule has 86 valence electrons. The van der Waals surface area contributed by atoms with E-state index in [2.05, 4.69) is 50.3 Å². The molecule has 4 heteroatoms. The summed E-state index contributed by atoms with van der Waals surface area (Å²) < 4.78 is 12.9. The lowest BCUT2D eigenvalue weighted by Gasteiger charge is -2.21. The maximum absolute atomic E-state index is 5.82. The summed E-state index contributed by atoms with van der Waals surface area (Å²) in [7, 11) is -1.38. The van der Waals surface area contributed by atoms with Crippen LogP contribution < -0.4 is 0 Å². The molecule has 0 unspecified atom stereocenters. The van der Waals surface area contributed by atoms with Crippen molar-refractivity contribution in [1.82, 2.24) is 0 Å². The average molecular weight is 330 g/mol. The summed E-state index contributed by atoms with van der Waals surface area (Å²) in [5.41, 5.74) is 0. The van der Waals surface area contributed by atoms with Crippen LogP contribution in [0.25, 0.3) is 0 Å². The molecule has 0 saturated carbocycles. The fourth-order valence-electron chi connectivity index (χ4n) is 1.18. The SMILES string of the molecule is CC(C)O[SiH](CCCCI)OC(C)C. The molecular formula is C10H23IO2Si. The van der Waals surface area contributed by atoms with E-state index in [4.69, 9.17) is 8.85 Å². The lowest BCUT2D eigenvalue weighted by Crippen LogP contribution is -2.29.